The van der Waals surface area contributed by atoms with Crippen LogP contribution in [0, 0.1) is 0 Å². The number of hydrogen-bond donors (Lipinski definition) is 3. The van der Waals surface area contributed by atoms with E-state index in [2.05, 4.69) is 5.32 Å². The molecule has 4 N–H and O–H groups in total. The Morgan fingerprint density at radius 3 is 1.58 bits per heavy atom. The van der Waals surface area contributed by atoms with E-state index < -0.39 is 17.2 Å². The van der Waals surface area contributed by atoms with Crippen molar-refractivity contribution < 1.29 is 33.8 Å². The SMILES string of the molecule is CC(C)(C)OC(=O)N1CCC[C@H]1CN.CC(C)(C)OC(=O)N1CCC[C@H]1CNC(=O)c1ccccc1.O=C(O)c1ccccc1. The molecular weight excluding hydrogens is 576 g/mol. The molecule has 4 rings (SSSR count). The Morgan fingerprint density at radius 2 is 1.18 bits per heavy atom. The highest BCUT2D eigenvalue weighted by Crippen LogP contribution is 2.21. The minimum Gasteiger partial charge on any atom is -0.478 e. The Kier molecular flexibility index (Phi) is 14.3. The van der Waals surface area contributed by atoms with Gasteiger partial charge in [-0.2, -0.15) is 0 Å². The molecule has 0 bridgehead atoms. The molecule has 2 fully saturated rings. The van der Waals surface area contributed by atoms with E-state index in [9.17, 15) is 19.2 Å². The number of nitrogens with two attached hydrogens (primary N) is 1. The van der Waals surface area contributed by atoms with Gasteiger partial charge in [-0.05, 0) is 91.5 Å². The second kappa shape index (κ2) is 17.4. The first-order chi connectivity index (χ1) is 21.1. The fourth-order valence-corrected chi connectivity index (χ4v) is 4.73. The van der Waals surface area contributed by atoms with Gasteiger partial charge >= 0.3 is 18.2 Å². The average Bonchev–Trinajstić information content (AvgIpc) is 3.66. The van der Waals surface area contributed by atoms with Crippen LogP contribution in [0.25, 0.3) is 0 Å². The molecule has 0 saturated carbocycles. The minimum atomic E-state index is -0.879. The van der Waals surface area contributed by atoms with Crippen LogP contribution >= 0.6 is 0 Å². The molecule has 248 valence electrons. The van der Waals surface area contributed by atoms with Crippen LogP contribution in [0.4, 0.5) is 9.59 Å². The summed E-state index contributed by atoms with van der Waals surface area (Å²) in [5, 5.41) is 11.3. The first-order valence-electron chi connectivity index (χ1n) is 15.4. The smallest absolute Gasteiger partial charge is 0.410 e. The summed E-state index contributed by atoms with van der Waals surface area (Å²) in [4.78, 5) is 49.6. The van der Waals surface area contributed by atoms with E-state index >= 15 is 0 Å². The molecule has 2 aromatic rings. The first-order valence-corrected chi connectivity index (χ1v) is 15.4. The van der Waals surface area contributed by atoms with Crippen LogP contribution in [-0.4, -0.2) is 88.4 Å². The van der Waals surface area contributed by atoms with Gasteiger partial charge in [0.1, 0.15) is 11.2 Å². The van der Waals surface area contributed by atoms with Crippen molar-refractivity contribution in [1.82, 2.24) is 15.1 Å². The topological polar surface area (TPSA) is 152 Å². The predicted octanol–water partition coefficient (Wildman–Crippen LogP) is 5.55. The Balaban J connectivity index is 0.000000261. The van der Waals surface area contributed by atoms with Crippen molar-refractivity contribution in [2.75, 3.05) is 26.2 Å². The number of benzene rings is 2. The number of carboxylic acids is 1. The Hall–Kier alpha value is -4.12. The molecule has 2 aromatic carbocycles. The maximum absolute atomic E-state index is 12.2. The van der Waals surface area contributed by atoms with Crippen molar-refractivity contribution in [3.05, 3.63) is 71.8 Å². The van der Waals surface area contributed by atoms with E-state index in [-0.39, 0.29) is 30.2 Å². The number of carboxylic acid groups (broad SMARTS) is 1. The number of ether oxygens (including phenoxy) is 2. The number of amides is 3. The molecule has 0 radical (unpaired) electrons. The maximum Gasteiger partial charge on any atom is 0.410 e. The van der Waals surface area contributed by atoms with Crippen LogP contribution in [0.5, 0.6) is 0 Å². The quantitative estimate of drug-likeness (QED) is 0.391. The third-order valence-electron chi connectivity index (χ3n) is 6.84. The fraction of sp³-hybridized carbons (Fsp3) is 0.529. The lowest BCUT2D eigenvalue weighted by molar-refractivity contribution is 0.0218. The molecule has 2 heterocycles. The molecule has 2 aliphatic rings. The van der Waals surface area contributed by atoms with Crippen LogP contribution < -0.4 is 11.1 Å². The summed E-state index contributed by atoms with van der Waals surface area (Å²) in [6, 6.07) is 17.6. The summed E-state index contributed by atoms with van der Waals surface area (Å²) in [5.74, 6) is -0.993. The number of likely N-dealkylation sites (tertiary alicyclic amines) is 2. The summed E-state index contributed by atoms with van der Waals surface area (Å²) in [6.07, 6.45) is 3.31. The number of carbonyl (C=O) groups excluding carboxylic acids is 3. The average molecular weight is 627 g/mol. The van der Waals surface area contributed by atoms with Gasteiger partial charge in [0.05, 0.1) is 11.6 Å². The van der Waals surface area contributed by atoms with Crippen molar-refractivity contribution in [2.24, 2.45) is 5.73 Å². The Morgan fingerprint density at radius 1 is 0.756 bits per heavy atom. The van der Waals surface area contributed by atoms with E-state index in [0.717, 1.165) is 32.2 Å². The first kappa shape index (κ1) is 37.1. The second-order valence-corrected chi connectivity index (χ2v) is 12.9. The van der Waals surface area contributed by atoms with Gasteiger partial charge in [0, 0.05) is 37.8 Å². The highest BCUT2D eigenvalue weighted by Gasteiger charge is 2.33. The minimum absolute atomic E-state index is 0.00233. The third kappa shape index (κ3) is 13.6. The van der Waals surface area contributed by atoms with Crippen molar-refractivity contribution in [3.63, 3.8) is 0 Å². The van der Waals surface area contributed by atoms with Crippen molar-refractivity contribution >= 4 is 24.1 Å². The zero-order chi connectivity index (χ0) is 33.6. The monoisotopic (exact) mass is 626 g/mol. The van der Waals surface area contributed by atoms with E-state index in [1.807, 2.05) is 59.7 Å². The largest absolute Gasteiger partial charge is 0.478 e. The molecule has 2 atom stereocenters. The van der Waals surface area contributed by atoms with Crippen molar-refractivity contribution in [2.45, 2.75) is 90.5 Å². The fourth-order valence-electron chi connectivity index (χ4n) is 4.73. The van der Waals surface area contributed by atoms with Crippen LogP contribution in [0.15, 0.2) is 60.7 Å². The highest BCUT2D eigenvalue weighted by molar-refractivity contribution is 5.94. The second-order valence-electron chi connectivity index (χ2n) is 12.9. The van der Waals surface area contributed by atoms with E-state index in [0.29, 0.717) is 30.8 Å². The molecule has 0 aliphatic carbocycles. The van der Waals surface area contributed by atoms with Crippen LogP contribution in [0.3, 0.4) is 0 Å². The van der Waals surface area contributed by atoms with Gasteiger partial charge in [-0.1, -0.05) is 36.4 Å². The number of nitrogens with zero attached hydrogens (tertiary/aromatic N) is 2. The Labute approximate surface area is 267 Å². The zero-order valence-corrected chi connectivity index (χ0v) is 27.5. The molecular formula is C34H50N4O7. The molecule has 0 spiro atoms. The molecule has 0 aromatic heterocycles. The number of nitrogens with one attached hydrogen (secondary N) is 1. The lowest BCUT2D eigenvalue weighted by Crippen LogP contribution is -2.45. The van der Waals surface area contributed by atoms with Crippen LogP contribution in [0.2, 0.25) is 0 Å². The van der Waals surface area contributed by atoms with Gasteiger partial charge in [-0.25, -0.2) is 14.4 Å². The van der Waals surface area contributed by atoms with Gasteiger partial charge in [-0.15, -0.1) is 0 Å². The summed E-state index contributed by atoms with van der Waals surface area (Å²) in [5.41, 5.74) is 5.62. The van der Waals surface area contributed by atoms with Gasteiger partial charge in [0.25, 0.3) is 5.91 Å². The van der Waals surface area contributed by atoms with E-state index in [1.165, 1.54) is 0 Å². The lowest BCUT2D eigenvalue weighted by atomic mass is 10.2. The standard InChI is InChI=1S/C17H24N2O3.C10H20N2O2.C7H6O2/c1-17(2,3)22-16(21)19-11-7-10-14(19)12-18-15(20)13-8-5-4-6-9-13;1-10(2,3)14-9(13)12-6-4-5-8(12)7-11;8-7(9)6-4-2-1-3-5-6/h4-6,8-9,14H,7,10-12H2,1-3H3,(H,18,20);8H,4-7,11H2,1-3H3;1-5H,(H,8,9)/t14-;8-;/m00./s1. The van der Waals surface area contributed by atoms with Gasteiger partial charge < -0.3 is 35.4 Å². The highest BCUT2D eigenvalue weighted by atomic mass is 16.6. The summed E-state index contributed by atoms with van der Waals surface area (Å²) in [7, 11) is 0. The van der Waals surface area contributed by atoms with Gasteiger partial charge in [-0.3, -0.25) is 4.79 Å². The van der Waals surface area contributed by atoms with Gasteiger partial charge in [0.15, 0.2) is 0 Å². The lowest BCUT2D eigenvalue weighted by Gasteiger charge is -2.28. The normalized spacial score (nSPS) is 17.7. The summed E-state index contributed by atoms with van der Waals surface area (Å²) < 4.78 is 10.7. The van der Waals surface area contributed by atoms with E-state index in [1.54, 1.807) is 52.3 Å². The molecule has 11 nitrogen and oxygen atoms in total. The molecule has 0 unspecified atom stereocenters. The molecule has 2 saturated heterocycles. The third-order valence-corrected chi connectivity index (χ3v) is 6.84. The number of carbonyl (C=O) groups is 4. The number of aromatic carboxylic acids is 1. The molecule has 3 amide bonds. The number of rotatable bonds is 5. The predicted molar refractivity (Wildman–Crippen MR) is 173 cm³/mol. The Bertz CT molecular complexity index is 1230. The molecule has 11 heteroatoms. The molecule has 45 heavy (non-hydrogen) atoms. The van der Waals surface area contributed by atoms with Crippen LogP contribution in [0.1, 0.15) is 87.9 Å². The van der Waals surface area contributed by atoms with Crippen molar-refractivity contribution in [1.29, 1.82) is 0 Å². The maximum atomic E-state index is 12.2. The summed E-state index contributed by atoms with van der Waals surface area (Å²) >= 11 is 0. The number of hydrogen-bond acceptors (Lipinski definition) is 7. The summed E-state index contributed by atoms with van der Waals surface area (Å²) in [6.45, 7) is 13.6. The van der Waals surface area contributed by atoms with Crippen molar-refractivity contribution in [3.8, 4) is 0 Å². The van der Waals surface area contributed by atoms with Gasteiger partial charge in [0.2, 0.25) is 0 Å². The zero-order valence-electron chi connectivity index (χ0n) is 27.5. The van der Waals surface area contributed by atoms with Crippen LogP contribution in [-0.2, 0) is 9.47 Å². The van der Waals surface area contributed by atoms with E-state index in [4.69, 9.17) is 20.3 Å². The molecule has 2 aliphatic heterocycles.